The topological polar surface area (TPSA) is 12.5 Å². The lowest BCUT2D eigenvalue weighted by Gasteiger charge is -2.18. The summed E-state index contributed by atoms with van der Waals surface area (Å²) in [5, 5.41) is 0. The van der Waals surface area contributed by atoms with Crippen molar-refractivity contribution in [2.45, 2.75) is 27.2 Å². The van der Waals surface area contributed by atoms with Crippen LogP contribution in [0.25, 0.3) is 0 Å². The van der Waals surface area contributed by atoms with Crippen molar-refractivity contribution in [2.75, 3.05) is 26.2 Å². The molecule has 0 saturated heterocycles. The SMILES string of the molecule is COc1c(C)cc(CCN(C)CBr)c(C)c1C. The molecule has 0 aromatic heterocycles. The molecular formula is C14H22BrNO. The number of nitrogens with zero attached hydrogens (tertiary/aromatic N) is 1. The first-order valence-electron chi connectivity index (χ1n) is 5.89. The number of methoxy groups -OCH3 is 1. The number of aryl methyl sites for hydroxylation is 1. The molecule has 0 aliphatic carbocycles. The third kappa shape index (κ3) is 3.46. The summed E-state index contributed by atoms with van der Waals surface area (Å²) in [6.07, 6.45) is 1.08. The van der Waals surface area contributed by atoms with Crippen molar-refractivity contribution in [3.63, 3.8) is 0 Å². The summed E-state index contributed by atoms with van der Waals surface area (Å²) in [5.41, 5.74) is 6.19. The predicted octanol–water partition coefficient (Wildman–Crippen LogP) is 3.45. The van der Waals surface area contributed by atoms with Crippen LogP contribution in [0.4, 0.5) is 0 Å². The van der Waals surface area contributed by atoms with Crippen molar-refractivity contribution in [3.05, 3.63) is 28.3 Å². The van der Waals surface area contributed by atoms with Gasteiger partial charge in [-0.2, -0.15) is 0 Å². The summed E-state index contributed by atoms with van der Waals surface area (Å²) in [6.45, 7) is 7.50. The third-order valence-electron chi connectivity index (χ3n) is 3.30. The summed E-state index contributed by atoms with van der Waals surface area (Å²) in [4.78, 5) is 2.26. The number of halogens is 1. The average Bonchev–Trinajstić information content (AvgIpc) is 2.32. The Morgan fingerprint density at radius 2 is 1.88 bits per heavy atom. The molecule has 0 amide bonds. The van der Waals surface area contributed by atoms with Gasteiger partial charge in [-0.05, 0) is 56.5 Å². The van der Waals surface area contributed by atoms with Crippen LogP contribution in [-0.4, -0.2) is 31.1 Å². The first kappa shape index (κ1) is 14.5. The molecule has 96 valence electrons. The molecule has 0 radical (unpaired) electrons. The van der Waals surface area contributed by atoms with Crippen LogP contribution in [0.5, 0.6) is 5.75 Å². The maximum absolute atomic E-state index is 5.44. The maximum Gasteiger partial charge on any atom is 0.124 e. The zero-order valence-electron chi connectivity index (χ0n) is 11.4. The molecule has 0 unspecified atom stereocenters. The Kier molecular flexibility index (Phi) is 5.47. The zero-order chi connectivity index (χ0) is 13.0. The van der Waals surface area contributed by atoms with Crippen LogP contribution in [0.3, 0.4) is 0 Å². The maximum atomic E-state index is 5.44. The van der Waals surface area contributed by atoms with Crippen molar-refractivity contribution in [3.8, 4) is 5.75 Å². The summed E-state index contributed by atoms with van der Waals surface area (Å²) in [5.74, 6) is 1.03. The lowest BCUT2D eigenvalue weighted by Crippen LogP contribution is -2.19. The van der Waals surface area contributed by atoms with E-state index in [-0.39, 0.29) is 0 Å². The van der Waals surface area contributed by atoms with Crippen molar-refractivity contribution in [1.82, 2.24) is 4.90 Å². The van der Waals surface area contributed by atoms with Gasteiger partial charge in [0.15, 0.2) is 0 Å². The second kappa shape index (κ2) is 6.41. The fraction of sp³-hybridized carbons (Fsp3) is 0.571. The van der Waals surface area contributed by atoms with Crippen molar-refractivity contribution in [2.24, 2.45) is 0 Å². The van der Waals surface area contributed by atoms with Crippen LogP contribution in [0.15, 0.2) is 6.07 Å². The normalized spacial score (nSPS) is 11.0. The molecule has 1 aromatic carbocycles. The van der Waals surface area contributed by atoms with E-state index >= 15 is 0 Å². The third-order valence-corrected chi connectivity index (χ3v) is 4.16. The van der Waals surface area contributed by atoms with Gasteiger partial charge in [-0.3, -0.25) is 4.90 Å². The minimum Gasteiger partial charge on any atom is -0.496 e. The molecule has 17 heavy (non-hydrogen) atoms. The number of likely N-dealkylation sites (N-methyl/N-ethyl adjacent to an activating group) is 1. The first-order chi connectivity index (χ1) is 8.01. The Bertz CT molecular complexity index is 390. The fourth-order valence-electron chi connectivity index (χ4n) is 2.09. The van der Waals surface area contributed by atoms with Gasteiger partial charge in [0.1, 0.15) is 5.75 Å². The highest BCUT2D eigenvalue weighted by molar-refractivity contribution is 9.09. The molecule has 2 nitrogen and oxygen atoms in total. The molecule has 0 N–H and O–H groups in total. The molecule has 0 atom stereocenters. The van der Waals surface area contributed by atoms with Gasteiger partial charge in [0.2, 0.25) is 0 Å². The highest BCUT2D eigenvalue weighted by atomic mass is 79.9. The molecule has 0 heterocycles. The lowest BCUT2D eigenvalue weighted by molar-refractivity contribution is 0.399. The van der Waals surface area contributed by atoms with Crippen LogP contribution in [0.1, 0.15) is 22.3 Å². The average molecular weight is 300 g/mol. The molecule has 0 fully saturated rings. The second-order valence-corrected chi connectivity index (χ2v) is 5.09. The van der Waals surface area contributed by atoms with Gasteiger partial charge >= 0.3 is 0 Å². The van der Waals surface area contributed by atoms with Crippen LogP contribution in [-0.2, 0) is 6.42 Å². The highest BCUT2D eigenvalue weighted by Gasteiger charge is 2.10. The van der Waals surface area contributed by atoms with Crippen LogP contribution >= 0.6 is 15.9 Å². The van der Waals surface area contributed by atoms with E-state index in [0.29, 0.717) is 0 Å². The van der Waals surface area contributed by atoms with Gasteiger partial charge in [-0.1, -0.05) is 22.0 Å². The Labute approximate surface area is 113 Å². The Morgan fingerprint density at radius 3 is 2.41 bits per heavy atom. The van der Waals surface area contributed by atoms with Crippen LogP contribution in [0, 0.1) is 20.8 Å². The summed E-state index contributed by atoms with van der Waals surface area (Å²) in [6, 6.07) is 2.25. The van der Waals surface area contributed by atoms with Gasteiger partial charge in [0, 0.05) is 6.54 Å². The van der Waals surface area contributed by atoms with E-state index in [1.807, 2.05) is 0 Å². The van der Waals surface area contributed by atoms with E-state index in [4.69, 9.17) is 4.74 Å². The van der Waals surface area contributed by atoms with Crippen LogP contribution < -0.4 is 4.74 Å². The second-order valence-electron chi connectivity index (χ2n) is 4.59. The molecule has 3 heteroatoms. The van der Waals surface area contributed by atoms with Gasteiger partial charge < -0.3 is 4.74 Å². The van der Waals surface area contributed by atoms with Crippen molar-refractivity contribution >= 4 is 15.9 Å². The van der Waals surface area contributed by atoms with Gasteiger partial charge in [0.25, 0.3) is 0 Å². The number of ether oxygens (including phenoxy) is 1. The van der Waals surface area contributed by atoms with E-state index in [2.05, 4.69) is 54.7 Å². The minimum atomic E-state index is 0.917. The fourth-order valence-corrected chi connectivity index (χ4v) is 2.34. The van der Waals surface area contributed by atoms with Crippen LogP contribution in [0.2, 0.25) is 0 Å². The van der Waals surface area contributed by atoms with E-state index in [9.17, 15) is 0 Å². The number of hydrogen-bond acceptors (Lipinski definition) is 2. The van der Waals surface area contributed by atoms with E-state index < -0.39 is 0 Å². The minimum absolute atomic E-state index is 0.917. The van der Waals surface area contributed by atoms with Gasteiger partial charge in [-0.25, -0.2) is 0 Å². The van der Waals surface area contributed by atoms with E-state index in [1.54, 1.807) is 7.11 Å². The zero-order valence-corrected chi connectivity index (χ0v) is 13.0. The molecule has 1 aromatic rings. The molecule has 0 spiro atoms. The highest BCUT2D eigenvalue weighted by Crippen LogP contribution is 2.28. The predicted molar refractivity (Wildman–Crippen MR) is 77.3 cm³/mol. The first-order valence-corrected chi connectivity index (χ1v) is 7.01. The van der Waals surface area contributed by atoms with Crippen molar-refractivity contribution < 1.29 is 4.74 Å². The molecular weight excluding hydrogens is 278 g/mol. The summed E-state index contributed by atoms with van der Waals surface area (Å²) < 4.78 is 5.44. The smallest absolute Gasteiger partial charge is 0.124 e. The van der Waals surface area contributed by atoms with Crippen molar-refractivity contribution in [1.29, 1.82) is 0 Å². The Balaban J connectivity index is 2.94. The summed E-state index contributed by atoms with van der Waals surface area (Å²) >= 11 is 3.46. The molecule has 0 aliphatic heterocycles. The monoisotopic (exact) mass is 299 g/mol. The van der Waals surface area contributed by atoms with E-state index in [1.165, 1.54) is 22.3 Å². The number of benzene rings is 1. The van der Waals surface area contributed by atoms with E-state index in [0.717, 1.165) is 24.2 Å². The molecule has 0 bridgehead atoms. The molecule has 0 saturated carbocycles. The van der Waals surface area contributed by atoms with Gasteiger partial charge in [-0.15, -0.1) is 0 Å². The Morgan fingerprint density at radius 1 is 1.24 bits per heavy atom. The number of alkyl halides is 1. The Hall–Kier alpha value is -0.540. The standard InChI is InChI=1S/C14H22BrNO/c1-10-8-13(6-7-16(4)9-15)11(2)12(3)14(10)17-5/h8H,6-7,9H2,1-5H3. The van der Waals surface area contributed by atoms with Gasteiger partial charge in [0.05, 0.1) is 12.6 Å². The quantitative estimate of drug-likeness (QED) is 0.610. The lowest BCUT2D eigenvalue weighted by atomic mass is 9.96. The molecule has 1 rings (SSSR count). The number of rotatable bonds is 5. The largest absolute Gasteiger partial charge is 0.496 e. The summed E-state index contributed by atoms with van der Waals surface area (Å²) in [7, 11) is 3.86. The number of hydrogen-bond donors (Lipinski definition) is 0. The molecule has 0 aliphatic rings.